The van der Waals surface area contributed by atoms with Crippen LogP contribution < -0.4 is 10.6 Å². The first-order valence-corrected chi connectivity index (χ1v) is 15.2. The van der Waals surface area contributed by atoms with Crippen molar-refractivity contribution in [3.63, 3.8) is 0 Å². The van der Waals surface area contributed by atoms with Gasteiger partial charge in [-0.05, 0) is 74.3 Å². The lowest BCUT2D eigenvalue weighted by atomic mass is 9.72. The number of benzene rings is 2. The van der Waals surface area contributed by atoms with Crippen LogP contribution in [-0.2, 0) is 11.2 Å². The molecule has 1 saturated carbocycles. The molecule has 2 aromatic rings. The maximum Gasteiger partial charge on any atom is 0.251 e. The molecule has 3 N–H and O–H groups in total. The molecular formula is C31H41N3O3S. The van der Waals surface area contributed by atoms with E-state index < -0.39 is 12.1 Å². The molecule has 0 spiro atoms. The summed E-state index contributed by atoms with van der Waals surface area (Å²) in [6.45, 7) is 3.85. The van der Waals surface area contributed by atoms with E-state index in [1.165, 1.54) is 25.7 Å². The predicted molar refractivity (Wildman–Crippen MR) is 154 cm³/mol. The van der Waals surface area contributed by atoms with Crippen molar-refractivity contribution in [2.75, 3.05) is 30.7 Å². The molecule has 1 amide bonds. The number of ketones is 1. The highest BCUT2D eigenvalue weighted by molar-refractivity contribution is 7.99. The van der Waals surface area contributed by atoms with Crippen LogP contribution in [0.5, 0.6) is 0 Å². The minimum absolute atomic E-state index is 0.141. The molecule has 3 aliphatic rings. The number of piperidine rings is 1. The van der Waals surface area contributed by atoms with Crippen LogP contribution in [0.15, 0.2) is 53.4 Å². The number of likely N-dealkylation sites (tertiary alicyclic amines) is 1. The fourth-order valence-electron chi connectivity index (χ4n) is 6.61. The Bertz CT molecular complexity index is 1110. The van der Waals surface area contributed by atoms with Gasteiger partial charge in [-0.25, -0.2) is 0 Å². The molecule has 2 heterocycles. The third-order valence-corrected chi connectivity index (χ3v) is 9.82. The van der Waals surface area contributed by atoms with E-state index in [9.17, 15) is 14.7 Å². The maximum absolute atomic E-state index is 13.6. The molecule has 2 aromatic carbocycles. The smallest absolute Gasteiger partial charge is 0.251 e. The average Bonchev–Trinajstić information content (AvgIpc) is 2.94. The first kappa shape index (κ1) is 27.2. The second-order valence-corrected chi connectivity index (χ2v) is 12.3. The number of anilines is 1. The number of Topliss-reactive ketones (excluding diaryl/α,β-unsaturated/α-hetero) is 1. The molecule has 5 unspecified atom stereocenters. The number of nitrogens with zero attached hydrogens (tertiary/aromatic N) is 1. The van der Waals surface area contributed by atoms with Gasteiger partial charge in [-0.3, -0.25) is 14.5 Å². The molecule has 2 fully saturated rings. The topological polar surface area (TPSA) is 81.7 Å². The van der Waals surface area contributed by atoms with Gasteiger partial charge in [0.25, 0.3) is 5.91 Å². The molecule has 5 rings (SSSR count). The number of hydrogen-bond donors (Lipinski definition) is 3. The van der Waals surface area contributed by atoms with Crippen LogP contribution in [0, 0.1) is 11.8 Å². The summed E-state index contributed by atoms with van der Waals surface area (Å²) in [4.78, 5) is 29.5. The van der Waals surface area contributed by atoms with Crippen LogP contribution in [0.2, 0.25) is 0 Å². The maximum atomic E-state index is 13.6. The van der Waals surface area contributed by atoms with E-state index >= 15 is 0 Å². The van der Waals surface area contributed by atoms with Crippen molar-refractivity contribution >= 4 is 29.1 Å². The van der Waals surface area contributed by atoms with Gasteiger partial charge < -0.3 is 15.7 Å². The van der Waals surface area contributed by atoms with E-state index in [1.807, 2.05) is 36.4 Å². The number of nitrogens with one attached hydrogen (secondary N) is 2. The quantitative estimate of drug-likeness (QED) is 0.402. The van der Waals surface area contributed by atoms with Gasteiger partial charge in [-0.1, -0.05) is 43.5 Å². The normalized spacial score (nSPS) is 24.8. The van der Waals surface area contributed by atoms with Crippen molar-refractivity contribution in [3.05, 3.63) is 59.7 Å². The number of β-amino-alcohol motifs (C(OH)–C–C–N with tert-alkyl or cyclic N) is 1. The monoisotopic (exact) mass is 535 g/mol. The highest BCUT2D eigenvalue weighted by Crippen LogP contribution is 2.39. The summed E-state index contributed by atoms with van der Waals surface area (Å²) < 4.78 is 0. The highest BCUT2D eigenvalue weighted by atomic mass is 32.2. The van der Waals surface area contributed by atoms with Gasteiger partial charge in [0.05, 0.1) is 18.2 Å². The van der Waals surface area contributed by atoms with Gasteiger partial charge in [0.1, 0.15) is 5.78 Å². The standard InChI is InChI=1S/C31H41N3O3S/c1-21(35)29-17-22-9-5-6-10-23(22)18-34(29)19-30(36)28(20-38-24-11-3-2-4-12-24)33-31(37)26-13-7-15-27-25(26)14-8-16-32-27/h2-4,7,11-13,15,22-23,28-30,32,36H,5-6,8-10,14,16-20H2,1H3,(H,33,37). The zero-order valence-corrected chi connectivity index (χ0v) is 23.2. The van der Waals surface area contributed by atoms with Gasteiger partial charge in [-0.15, -0.1) is 11.8 Å². The number of amides is 1. The van der Waals surface area contributed by atoms with Crippen molar-refractivity contribution in [3.8, 4) is 0 Å². The summed E-state index contributed by atoms with van der Waals surface area (Å²) in [6, 6.07) is 15.3. The van der Waals surface area contributed by atoms with Crippen molar-refractivity contribution in [1.29, 1.82) is 0 Å². The molecular weight excluding hydrogens is 494 g/mol. The summed E-state index contributed by atoms with van der Waals surface area (Å²) in [5.74, 6) is 1.81. The molecule has 7 heteroatoms. The second kappa shape index (κ2) is 12.7. The zero-order valence-electron chi connectivity index (χ0n) is 22.4. The molecule has 6 nitrogen and oxygen atoms in total. The van der Waals surface area contributed by atoms with Gasteiger partial charge >= 0.3 is 0 Å². The summed E-state index contributed by atoms with van der Waals surface area (Å²) >= 11 is 1.64. The summed E-state index contributed by atoms with van der Waals surface area (Å²) in [5.41, 5.74) is 2.76. The Balaban J connectivity index is 1.33. The Kier molecular flexibility index (Phi) is 9.08. The Morgan fingerprint density at radius 2 is 1.87 bits per heavy atom. The number of aliphatic hydroxyl groups excluding tert-OH is 1. The third-order valence-electron chi connectivity index (χ3n) is 8.69. The van der Waals surface area contributed by atoms with Crippen LogP contribution >= 0.6 is 11.8 Å². The van der Waals surface area contributed by atoms with Crippen molar-refractivity contribution in [2.24, 2.45) is 11.8 Å². The van der Waals surface area contributed by atoms with Gasteiger partial charge in [0.2, 0.25) is 0 Å². The molecule has 1 aliphatic carbocycles. The Morgan fingerprint density at radius 1 is 1.08 bits per heavy atom. The Hall–Kier alpha value is -2.35. The molecule has 5 atom stereocenters. The van der Waals surface area contributed by atoms with Crippen molar-refractivity contribution in [1.82, 2.24) is 10.2 Å². The minimum atomic E-state index is -0.783. The number of fused-ring (bicyclic) bond motifs is 2. The van der Waals surface area contributed by atoms with Gasteiger partial charge in [0, 0.05) is 41.5 Å². The molecule has 0 radical (unpaired) electrons. The van der Waals surface area contributed by atoms with Gasteiger partial charge in [-0.2, -0.15) is 0 Å². The molecule has 38 heavy (non-hydrogen) atoms. The van der Waals surface area contributed by atoms with Crippen LogP contribution in [0.3, 0.4) is 0 Å². The van der Waals surface area contributed by atoms with E-state index in [0.717, 1.165) is 48.5 Å². The van der Waals surface area contributed by atoms with E-state index in [2.05, 4.69) is 27.7 Å². The lowest BCUT2D eigenvalue weighted by Gasteiger charge is -2.46. The van der Waals surface area contributed by atoms with Crippen LogP contribution in [0.4, 0.5) is 5.69 Å². The number of carbonyl (C=O) groups excluding carboxylic acids is 2. The molecule has 2 aliphatic heterocycles. The van der Waals surface area contributed by atoms with E-state index in [1.54, 1.807) is 18.7 Å². The molecule has 1 saturated heterocycles. The highest BCUT2D eigenvalue weighted by Gasteiger charge is 2.40. The first-order chi connectivity index (χ1) is 18.5. The lowest BCUT2D eigenvalue weighted by Crippen LogP contribution is -2.56. The van der Waals surface area contributed by atoms with Crippen molar-refractivity contribution in [2.45, 2.75) is 75.0 Å². The number of thioether (sulfide) groups is 1. The van der Waals surface area contributed by atoms with Crippen molar-refractivity contribution < 1.29 is 14.7 Å². The predicted octanol–water partition coefficient (Wildman–Crippen LogP) is 4.77. The molecule has 0 aromatic heterocycles. The first-order valence-electron chi connectivity index (χ1n) is 14.3. The average molecular weight is 536 g/mol. The summed E-state index contributed by atoms with van der Waals surface area (Å²) in [5, 5.41) is 18.2. The van der Waals surface area contributed by atoms with E-state index in [4.69, 9.17) is 0 Å². The number of carbonyl (C=O) groups is 2. The number of aliphatic hydroxyl groups is 1. The molecule has 204 valence electrons. The second-order valence-electron chi connectivity index (χ2n) is 11.3. The fraction of sp³-hybridized carbons (Fsp3) is 0.548. The third kappa shape index (κ3) is 6.44. The largest absolute Gasteiger partial charge is 0.390 e. The Morgan fingerprint density at radius 3 is 2.66 bits per heavy atom. The van der Waals surface area contributed by atoms with Crippen LogP contribution in [0.1, 0.15) is 61.4 Å². The fourth-order valence-corrected chi connectivity index (χ4v) is 7.64. The van der Waals surface area contributed by atoms with Gasteiger partial charge in [0.15, 0.2) is 0 Å². The van der Waals surface area contributed by atoms with Crippen LogP contribution in [0.25, 0.3) is 0 Å². The zero-order chi connectivity index (χ0) is 26.5. The minimum Gasteiger partial charge on any atom is -0.390 e. The van der Waals surface area contributed by atoms with E-state index in [-0.39, 0.29) is 17.7 Å². The number of rotatable bonds is 9. The summed E-state index contributed by atoms with van der Waals surface area (Å²) in [7, 11) is 0. The number of hydrogen-bond acceptors (Lipinski definition) is 6. The Labute approximate surface area is 231 Å². The van der Waals surface area contributed by atoms with Crippen LogP contribution in [-0.4, -0.2) is 65.3 Å². The molecule has 0 bridgehead atoms. The summed E-state index contributed by atoms with van der Waals surface area (Å²) in [6.07, 6.45) is 6.92. The van der Waals surface area contributed by atoms with E-state index in [0.29, 0.717) is 29.7 Å². The lowest BCUT2D eigenvalue weighted by molar-refractivity contribution is -0.126. The SMILES string of the molecule is CC(=O)C1CC2CCCCC2CN1CC(O)C(CSc1ccccc1)NC(=O)c1cccc2c1CCCN2.